The first-order chi connectivity index (χ1) is 11.7. The monoisotopic (exact) mass is 382 g/mol. The maximum atomic E-state index is 12.3. The summed E-state index contributed by atoms with van der Waals surface area (Å²) in [5.74, 6) is -0.138. The molecule has 0 unspecified atom stereocenters. The van der Waals surface area contributed by atoms with E-state index < -0.39 is 10.0 Å². The fraction of sp³-hybridized carbons (Fsp3) is 0.375. The zero-order valence-corrected chi connectivity index (χ0v) is 16.1. The Labute approximate surface area is 151 Å². The summed E-state index contributed by atoms with van der Waals surface area (Å²) in [7, 11) is 0.233. The van der Waals surface area contributed by atoms with Crippen LogP contribution in [0.2, 0.25) is 0 Å². The molecule has 7 nitrogen and oxygen atoms in total. The second-order valence-electron chi connectivity index (χ2n) is 5.95. The van der Waals surface area contributed by atoms with E-state index in [0.29, 0.717) is 24.4 Å². The zero-order chi connectivity index (χ0) is 18.6. The topological polar surface area (TPSA) is 105 Å². The molecule has 0 spiro atoms. The molecule has 0 aliphatic heterocycles. The Bertz CT molecular complexity index is 843. The molecule has 0 atom stereocenters. The number of sulfonamides is 1. The highest BCUT2D eigenvalue weighted by Crippen LogP contribution is 2.19. The highest BCUT2D eigenvalue weighted by atomic mass is 32.2. The molecule has 0 radical (unpaired) electrons. The molecule has 2 rings (SSSR count). The van der Waals surface area contributed by atoms with Crippen LogP contribution >= 0.6 is 11.3 Å². The van der Waals surface area contributed by atoms with Crippen LogP contribution in [-0.2, 0) is 23.0 Å². The van der Waals surface area contributed by atoms with E-state index >= 15 is 0 Å². The van der Waals surface area contributed by atoms with E-state index in [-0.39, 0.29) is 10.8 Å². The van der Waals surface area contributed by atoms with Crippen molar-refractivity contribution >= 4 is 27.3 Å². The van der Waals surface area contributed by atoms with Crippen LogP contribution in [0.5, 0.6) is 0 Å². The van der Waals surface area contributed by atoms with E-state index in [0.717, 1.165) is 16.3 Å². The minimum Gasteiger partial charge on any atom is -0.351 e. The molecule has 1 aromatic carbocycles. The van der Waals surface area contributed by atoms with E-state index in [1.54, 1.807) is 12.1 Å². The number of carbonyl (C=O) groups excluding carboxylic acids is 1. The van der Waals surface area contributed by atoms with Gasteiger partial charge in [-0.2, -0.15) is 0 Å². The summed E-state index contributed by atoms with van der Waals surface area (Å²) in [6.07, 6.45) is 0.596. The van der Waals surface area contributed by atoms with Crippen LogP contribution in [0.25, 0.3) is 0 Å². The average molecular weight is 383 g/mol. The second kappa shape index (κ2) is 8.05. The molecule has 0 aliphatic rings. The van der Waals surface area contributed by atoms with Crippen molar-refractivity contribution < 1.29 is 13.2 Å². The number of hydrogen-bond acceptors (Lipinski definition) is 6. The van der Waals surface area contributed by atoms with Crippen molar-refractivity contribution in [2.24, 2.45) is 5.14 Å². The quantitative estimate of drug-likeness (QED) is 0.747. The van der Waals surface area contributed by atoms with Gasteiger partial charge in [0.25, 0.3) is 5.91 Å². The Balaban J connectivity index is 1.91. The van der Waals surface area contributed by atoms with Crippen molar-refractivity contribution in [1.82, 2.24) is 15.2 Å². The largest absolute Gasteiger partial charge is 0.351 e. The Hall–Kier alpha value is -1.81. The minimum atomic E-state index is -3.68. The molecule has 9 heteroatoms. The highest BCUT2D eigenvalue weighted by Gasteiger charge is 2.15. The SMILES string of the molecule is Cc1nc(CN(C)C)sc1C(=O)NCCc1ccc(S(N)(=O)=O)cc1. The fourth-order valence-electron chi connectivity index (χ4n) is 2.25. The van der Waals surface area contributed by atoms with Crippen molar-refractivity contribution in [1.29, 1.82) is 0 Å². The molecular formula is C16H22N4O3S2. The van der Waals surface area contributed by atoms with Gasteiger partial charge in [0, 0.05) is 13.1 Å². The molecule has 0 saturated carbocycles. The van der Waals surface area contributed by atoms with Gasteiger partial charge in [-0.25, -0.2) is 18.5 Å². The average Bonchev–Trinajstić information content (AvgIpc) is 2.86. The maximum Gasteiger partial charge on any atom is 0.263 e. The molecule has 25 heavy (non-hydrogen) atoms. The van der Waals surface area contributed by atoms with Crippen LogP contribution in [0, 0.1) is 6.92 Å². The first kappa shape index (κ1) is 19.5. The number of amides is 1. The van der Waals surface area contributed by atoms with Gasteiger partial charge in [-0.1, -0.05) is 12.1 Å². The van der Waals surface area contributed by atoms with E-state index in [4.69, 9.17) is 5.14 Å². The Morgan fingerprint density at radius 1 is 1.28 bits per heavy atom. The lowest BCUT2D eigenvalue weighted by molar-refractivity contribution is 0.0957. The molecule has 0 aliphatic carbocycles. The number of benzene rings is 1. The van der Waals surface area contributed by atoms with Crippen molar-refractivity contribution in [2.45, 2.75) is 24.8 Å². The van der Waals surface area contributed by atoms with Gasteiger partial charge in [0.1, 0.15) is 9.88 Å². The molecule has 1 aromatic heterocycles. The predicted molar refractivity (Wildman–Crippen MR) is 98.1 cm³/mol. The summed E-state index contributed by atoms with van der Waals surface area (Å²) in [6.45, 7) is 2.99. The van der Waals surface area contributed by atoms with Gasteiger partial charge in [0.2, 0.25) is 10.0 Å². The Kier molecular flexibility index (Phi) is 6.28. The summed E-state index contributed by atoms with van der Waals surface area (Å²) in [4.78, 5) is 19.4. The van der Waals surface area contributed by atoms with Crippen molar-refractivity contribution in [3.8, 4) is 0 Å². The lowest BCUT2D eigenvalue weighted by atomic mass is 10.1. The number of aryl methyl sites for hydroxylation is 1. The molecule has 0 bridgehead atoms. The smallest absolute Gasteiger partial charge is 0.263 e. The van der Waals surface area contributed by atoms with Crippen molar-refractivity contribution in [3.05, 3.63) is 45.4 Å². The summed E-state index contributed by atoms with van der Waals surface area (Å²) in [5, 5.41) is 8.85. The summed E-state index contributed by atoms with van der Waals surface area (Å²) >= 11 is 1.40. The van der Waals surface area contributed by atoms with Gasteiger partial charge < -0.3 is 10.2 Å². The number of hydrogen-bond donors (Lipinski definition) is 2. The highest BCUT2D eigenvalue weighted by molar-refractivity contribution is 7.89. The van der Waals surface area contributed by atoms with E-state index in [1.165, 1.54) is 23.5 Å². The van der Waals surface area contributed by atoms with Crippen molar-refractivity contribution in [3.63, 3.8) is 0 Å². The number of nitrogens with one attached hydrogen (secondary N) is 1. The molecule has 0 saturated heterocycles. The molecule has 2 aromatic rings. The minimum absolute atomic E-state index is 0.0778. The normalized spacial score (nSPS) is 11.7. The van der Waals surface area contributed by atoms with Crippen molar-refractivity contribution in [2.75, 3.05) is 20.6 Å². The van der Waals surface area contributed by atoms with Crippen LogP contribution in [0.1, 0.15) is 25.9 Å². The Morgan fingerprint density at radius 3 is 2.48 bits per heavy atom. The summed E-state index contributed by atoms with van der Waals surface area (Å²) in [6, 6.07) is 6.32. The Morgan fingerprint density at radius 2 is 1.92 bits per heavy atom. The lowest BCUT2D eigenvalue weighted by Gasteiger charge is -2.06. The molecule has 1 amide bonds. The number of primary sulfonamides is 1. The van der Waals surface area contributed by atoms with E-state index in [2.05, 4.69) is 10.3 Å². The zero-order valence-electron chi connectivity index (χ0n) is 14.4. The van der Waals surface area contributed by atoms with Gasteiger partial charge in [0.15, 0.2) is 0 Å². The molecule has 1 heterocycles. The molecule has 3 N–H and O–H groups in total. The maximum absolute atomic E-state index is 12.3. The number of nitrogens with zero attached hydrogens (tertiary/aromatic N) is 2. The third-order valence-corrected chi connectivity index (χ3v) is 5.52. The predicted octanol–water partition coefficient (Wildman–Crippen LogP) is 1.13. The second-order valence-corrected chi connectivity index (χ2v) is 8.60. The van der Waals surface area contributed by atoms with Gasteiger partial charge in [-0.15, -0.1) is 11.3 Å². The molecule has 0 fully saturated rings. The van der Waals surface area contributed by atoms with Gasteiger partial charge in [-0.05, 0) is 45.1 Å². The van der Waals surface area contributed by atoms with Gasteiger partial charge >= 0.3 is 0 Å². The van der Waals surface area contributed by atoms with E-state index in [1.807, 2.05) is 25.9 Å². The number of carbonyl (C=O) groups is 1. The number of aromatic nitrogens is 1. The summed E-state index contributed by atoms with van der Waals surface area (Å²) < 4.78 is 22.4. The van der Waals surface area contributed by atoms with Crippen LogP contribution in [-0.4, -0.2) is 44.8 Å². The number of nitrogens with two attached hydrogens (primary N) is 1. The molecule has 136 valence electrons. The number of rotatable bonds is 7. The van der Waals surface area contributed by atoms with Crippen LogP contribution in [0.3, 0.4) is 0 Å². The third-order valence-electron chi connectivity index (χ3n) is 3.45. The van der Waals surface area contributed by atoms with Crippen LogP contribution in [0.4, 0.5) is 0 Å². The first-order valence-electron chi connectivity index (χ1n) is 7.68. The molecular weight excluding hydrogens is 360 g/mol. The number of thiazole rings is 1. The van der Waals surface area contributed by atoms with Gasteiger partial charge in [-0.3, -0.25) is 4.79 Å². The van der Waals surface area contributed by atoms with Gasteiger partial charge in [0.05, 0.1) is 10.6 Å². The third kappa shape index (κ3) is 5.60. The summed E-state index contributed by atoms with van der Waals surface area (Å²) in [5.41, 5.74) is 1.65. The first-order valence-corrected chi connectivity index (χ1v) is 10.0. The van der Waals surface area contributed by atoms with E-state index in [9.17, 15) is 13.2 Å². The lowest BCUT2D eigenvalue weighted by Crippen LogP contribution is -2.25. The fourth-order valence-corrected chi connectivity index (χ4v) is 3.86. The van der Waals surface area contributed by atoms with Crippen LogP contribution < -0.4 is 10.5 Å². The standard InChI is InChI=1S/C16H22N4O3S2/c1-11-15(24-14(19-11)10-20(2)3)16(21)18-9-8-12-4-6-13(7-5-12)25(17,22)23/h4-7H,8-10H2,1-3H3,(H,18,21)(H2,17,22,23). The van der Waals surface area contributed by atoms with Crippen LogP contribution in [0.15, 0.2) is 29.2 Å².